The van der Waals surface area contributed by atoms with E-state index in [4.69, 9.17) is 0 Å². The molecule has 4 nitrogen and oxygen atoms in total. The average Bonchev–Trinajstić information content (AvgIpc) is 3.24. The molecule has 1 N–H and O–H groups in total. The summed E-state index contributed by atoms with van der Waals surface area (Å²) in [6, 6.07) is 25.7. The van der Waals surface area contributed by atoms with Crippen LogP contribution >= 0.6 is 0 Å². The summed E-state index contributed by atoms with van der Waals surface area (Å²) >= 11 is 0. The number of nitrogens with one attached hydrogen (secondary N) is 1. The molecule has 3 aromatic carbocycles. The first-order chi connectivity index (χ1) is 15.7. The van der Waals surface area contributed by atoms with Crippen molar-refractivity contribution in [1.29, 1.82) is 0 Å². The first kappa shape index (κ1) is 19.7. The molecule has 3 aromatic rings. The first-order valence-electron chi connectivity index (χ1n) is 11.9. The van der Waals surface area contributed by atoms with Gasteiger partial charge in [-0.25, -0.2) is 10.2 Å². The van der Waals surface area contributed by atoms with Crippen LogP contribution in [0.2, 0.25) is 0 Å². The topological polar surface area (TPSA) is 32.3 Å². The number of anilines is 1. The third-order valence-corrected chi connectivity index (χ3v) is 7.50. The zero-order valence-corrected chi connectivity index (χ0v) is 18.6. The fourth-order valence-electron chi connectivity index (χ4n) is 5.96. The van der Waals surface area contributed by atoms with Gasteiger partial charge in [0.2, 0.25) is 0 Å². The molecule has 3 aliphatic rings. The lowest BCUT2D eigenvalue weighted by atomic mass is 9.83. The van der Waals surface area contributed by atoms with Gasteiger partial charge in [-0.1, -0.05) is 60.5 Å². The number of hydrogen-bond acceptors (Lipinski definition) is 3. The smallest absolute Gasteiger partial charge is 0.299 e. The molecule has 2 bridgehead atoms. The van der Waals surface area contributed by atoms with Gasteiger partial charge < -0.3 is 0 Å². The number of fused-ring (bicyclic) bond motifs is 5. The molecule has 2 fully saturated rings. The minimum absolute atomic E-state index is 0.0711. The number of amides is 1. The molecule has 3 aliphatic heterocycles. The molecular weight excluding hydrogens is 394 g/mol. The molecule has 4 heteroatoms. The Morgan fingerprint density at radius 3 is 2.44 bits per heavy atom. The van der Waals surface area contributed by atoms with Crippen LogP contribution in [0, 0.1) is 6.92 Å². The lowest BCUT2D eigenvalue weighted by Gasteiger charge is -2.45. The van der Waals surface area contributed by atoms with E-state index in [0.29, 0.717) is 0 Å². The molecule has 6 rings (SSSR count). The molecule has 32 heavy (non-hydrogen) atoms. The number of carbonyl (C=O) groups excluding carboxylic acids is 1. The number of benzene rings is 3. The van der Waals surface area contributed by atoms with Crippen molar-refractivity contribution >= 4 is 17.3 Å². The molecule has 3 heterocycles. The summed E-state index contributed by atoms with van der Waals surface area (Å²) in [5.41, 5.74) is 10.7. The summed E-state index contributed by atoms with van der Waals surface area (Å²) in [5.74, 6) is 0.176. The van der Waals surface area contributed by atoms with Crippen molar-refractivity contribution in [3.8, 4) is 0 Å². The number of carbonyl (C=O) groups is 1. The normalized spacial score (nSPS) is 26.5. The fourth-order valence-corrected chi connectivity index (χ4v) is 5.96. The van der Waals surface area contributed by atoms with Crippen LogP contribution < -0.4 is 10.0 Å². The summed E-state index contributed by atoms with van der Waals surface area (Å²) in [6.45, 7) is 5.51. The maximum absolute atomic E-state index is 13.5. The van der Waals surface area contributed by atoms with Crippen LogP contribution in [0.1, 0.15) is 53.5 Å². The van der Waals surface area contributed by atoms with Crippen LogP contribution in [-0.4, -0.2) is 23.9 Å². The van der Waals surface area contributed by atoms with Gasteiger partial charge in [0.1, 0.15) is 0 Å². The Labute approximate surface area is 190 Å². The quantitative estimate of drug-likeness (QED) is 0.422. The second-order valence-corrected chi connectivity index (χ2v) is 9.60. The first-order valence-corrected chi connectivity index (χ1v) is 11.9. The van der Waals surface area contributed by atoms with Gasteiger partial charge in [0.25, 0.3) is 0 Å². The summed E-state index contributed by atoms with van der Waals surface area (Å²) in [7, 11) is 0. The van der Waals surface area contributed by atoms with Gasteiger partial charge in [0.05, 0.1) is 5.69 Å². The van der Waals surface area contributed by atoms with E-state index in [1.54, 1.807) is 0 Å². The van der Waals surface area contributed by atoms with Gasteiger partial charge in [-0.2, -0.15) is 0 Å². The van der Waals surface area contributed by atoms with E-state index in [-0.39, 0.29) is 22.5 Å². The Morgan fingerprint density at radius 1 is 0.938 bits per heavy atom. The molecular formula is C28H30N3O+. The van der Waals surface area contributed by atoms with E-state index in [0.717, 1.165) is 17.9 Å². The van der Waals surface area contributed by atoms with Crippen molar-refractivity contribution in [3.05, 3.63) is 95.1 Å². The van der Waals surface area contributed by atoms with Crippen LogP contribution in [0.15, 0.2) is 72.8 Å². The molecule has 0 aliphatic carbocycles. The maximum atomic E-state index is 13.5. The highest BCUT2D eigenvalue weighted by atomic mass is 16.2. The third kappa shape index (κ3) is 2.94. The fraction of sp³-hybridized carbons (Fsp3) is 0.321. The Morgan fingerprint density at radius 2 is 1.69 bits per heavy atom. The number of aryl methyl sites for hydroxylation is 1. The minimum atomic E-state index is -0.0711. The van der Waals surface area contributed by atoms with Crippen molar-refractivity contribution in [3.63, 3.8) is 0 Å². The Balaban J connectivity index is 1.32. The van der Waals surface area contributed by atoms with Gasteiger partial charge in [-0.3, -0.25) is 4.90 Å². The average molecular weight is 425 g/mol. The number of rotatable bonds is 5. The van der Waals surface area contributed by atoms with E-state index in [9.17, 15) is 4.79 Å². The van der Waals surface area contributed by atoms with E-state index in [1.807, 2.05) is 6.07 Å². The van der Waals surface area contributed by atoms with Gasteiger partial charge in [-0.05, 0) is 56.6 Å². The summed E-state index contributed by atoms with van der Waals surface area (Å²) in [4.78, 5) is 16.1. The predicted molar refractivity (Wildman–Crippen MR) is 129 cm³/mol. The number of piperidine rings is 1. The predicted octanol–water partition coefficient (Wildman–Crippen LogP) is 5.69. The SMILES string of the molecule is Cc1ccc2c(c1)C1C(=O)[N+]2(Nc2ccc(CN3CCCCC3)cc2)C1c1ccccc1. The van der Waals surface area contributed by atoms with Gasteiger partial charge >= 0.3 is 5.91 Å². The standard InChI is InChI=1S/C28H30N3O/c1-20-10-15-25-24(18-20)26-27(22-8-4-2-5-9-22)31(25,28(26)32)29-23-13-11-21(12-14-23)19-30-16-6-3-7-17-30/h2,4-5,8-15,18,26-27,29H,3,6-7,16-17,19H2,1H3/q+1. The molecule has 3 unspecified atom stereocenters. The van der Waals surface area contributed by atoms with Crippen LogP contribution in [0.4, 0.5) is 11.4 Å². The van der Waals surface area contributed by atoms with Gasteiger partial charge in [0.15, 0.2) is 17.6 Å². The maximum Gasteiger partial charge on any atom is 0.357 e. The molecule has 3 atom stereocenters. The van der Waals surface area contributed by atoms with Crippen molar-refractivity contribution in [2.75, 3.05) is 18.5 Å². The minimum Gasteiger partial charge on any atom is -0.299 e. The molecule has 0 aromatic heterocycles. The molecule has 2 saturated heterocycles. The summed E-state index contributed by atoms with van der Waals surface area (Å²) < 4.78 is 0.190. The Bertz CT molecular complexity index is 1150. The molecule has 0 saturated carbocycles. The van der Waals surface area contributed by atoms with Crippen molar-refractivity contribution in [2.45, 2.75) is 44.7 Å². The molecule has 0 spiro atoms. The second kappa shape index (κ2) is 7.58. The van der Waals surface area contributed by atoms with Crippen molar-refractivity contribution in [1.82, 2.24) is 9.49 Å². The second-order valence-electron chi connectivity index (χ2n) is 9.60. The zero-order valence-electron chi connectivity index (χ0n) is 18.6. The highest BCUT2D eigenvalue weighted by Crippen LogP contribution is 2.64. The largest absolute Gasteiger partial charge is 0.357 e. The van der Waals surface area contributed by atoms with E-state index >= 15 is 0 Å². The van der Waals surface area contributed by atoms with Crippen LogP contribution in [0.3, 0.4) is 0 Å². The molecule has 0 radical (unpaired) electrons. The van der Waals surface area contributed by atoms with Gasteiger partial charge in [-0.15, -0.1) is 4.59 Å². The summed E-state index contributed by atoms with van der Waals surface area (Å²) in [6.07, 6.45) is 3.98. The highest BCUT2D eigenvalue weighted by molar-refractivity contribution is 6.09. The lowest BCUT2D eigenvalue weighted by molar-refractivity contribution is -0.143. The zero-order chi connectivity index (χ0) is 21.7. The Hall–Kier alpha value is -2.95. The monoisotopic (exact) mass is 424 g/mol. The number of quaternary nitrogens is 1. The summed E-state index contributed by atoms with van der Waals surface area (Å²) in [5, 5.41) is 0. The van der Waals surface area contributed by atoms with Crippen LogP contribution in [0.5, 0.6) is 0 Å². The molecule has 162 valence electrons. The number of β-lactam (4-membered cyclic amide) rings is 1. The van der Waals surface area contributed by atoms with E-state index < -0.39 is 0 Å². The van der Waals surface area contributed by atoms with E-state index in [1.165, 1.54) is 54.6 Å². The van der Waals surface area contributed by atoms with E-state index in [2.05, 4.69) is 84.0 Å². The van der Waals surface area contributed by atoms with Crippen molar-refractivity contribution in [2.24, 2.45) is 0 Å². The Kier molecular flexibility index (Phi) is 4.67. The number of likely N-dealkylation sites (tertiary alicyclic amines) is 1. The third-order valence-electron chi connectivity index (χ3n) is 7.50. The number of hydrogen-bond donors (Lipinski definition) is 1. The van der Waals surface area contributed by atoms with Crippen molar-refractivity contribution < 1.29 is 4.79 Å². The lowest BCUT2D eigenvalue weighted by Crippen LogP contribution is -2.68. The van der Waals surface area contributed by atoms with Crippen LogP contribution in [-0.2, 0) is 11.3 Å². The number of nitrogens with zero attached hydrogens (tertiary/aromatic N) is 2. The molecule has 1 amide bonds. The highest BCUT2D eigenvalue weighted by Gasteiger charge is 2.74. The van der Waals surface area contributed by atoms with Gasteiger partial charge in [0, 0.05) is 23.7 Å². The van der Waals surface area contributed by atoms with Crippen LogP contribution in [0.25, 0.3) is 0 Å².